The van der Waals surface area contributed by atoms with Crippen molar-refractivity contribution in [3.05, 3.63) is 34.1 Å². The summed E-state index contributed by atoms with van der Waals surface area (Å²) >= 11 is 3.47. The quantitative estimate of drug-likeness (QED) is 0.700. The molecule has 0 amide bonds. The number of quaternary nitrogens is 1. The van der Waals surface area contributed by atoms with Crippen molar-refractivity contribution >= 4 is 27.8 Å². The van der Waals surface area contributed by atoms with E-state index in [1.807, 2.05) is 25.2 Å². The molecule has 2 rings (SSSR count). The Balaban J connectivity index is 2.11. The normalized spacial score (nSPS) is 12.1. The van der Waals surface area contributed by atoms with Crippen molar-refractivity contribution in [3.63, 3.8) is 0 Å². The van der Waals surface area contributed by atoms with Crippen LogP contribution in [0.1, 0.15) is 11.4 Å². The maximum absolute atomic E-state index is 5.58. The fourth-order valence-electron chi connectivity index (χ4n) is 2.08. The molecule has 7 nitrogen and oxygen atoms in total. The second kappa shape index (κ2) is 6.68. The van der Waals surface area contributed by atoms with E-state index >= 15 is 0 Å². The van der Waals surface area contributed by atoms with Gasteiger partial charge in [-0.2, -0.15) is 15.0 Å². The van der Waals surface area contributed by atoms with E-state index in [0.717, 1.165) is 22.3 Å². The van der Waals surface area contributed by atoms with Crippen LogP contribution in [0.25, 0.3) is 0 Å². The Labute approximate surface area is 131 Å². The Bertz CT molecular complexity index is 616. The van der Waals surface area contributed by atoms with Gasteiger partial charge in [-0.1, -0.05) is 15.9 Å². The first-order chi connectivity index (χ1) is 9.97. The number of ether oxygens (including phenoxy) is 1. The first-order valence-corrected chi connectivity index (χ1v) is 7.17. The van der Waals surface area contributed by atoms with Crippen LogP contribution in [0.15, 0.2) is 22.7 Å². The van der Waals surface area contributed by atoms with Gasteiger partial charge >= 0.3 is 0 Å². The minimum absolute atomic E-state index is 0.144. The summed E-state index contributed by atoms with van der Waals surface area (Å²) in [4.78, 5) is 13.1. The summed E-state index contributed by atoms with van der Waals surface area (Å²) in [6, 6.07) is 5.93. The third-order valence-corrected chi connectivity index (χ3v) is 3.40. The van der Waals surface area contributed by atoms with Crippen LogP contribution >= 0.6 is 15.9 Å². The maximum atomic E-state index is 5.58. The number of anilines is 2. The third-order valence-electron chi connectivity index (χ3n) is 2.91. The molecule has 0 aliphatic heterocycles. The summed E-state index contributed by atoms with van der Waals surface area (Å²) in [5.41, 5.74) is 12.2. The molecule has 5 N–H and O–H groups in total. The molecule has 0 radical (unpaired) electrons. The number of halogens is 1. The highest BCUT2D eigenvalue weighted by atomic mass is 79.9. The van der Waals surface area contributed by atoms with Gasteiger partial charge in [0.2, 0.25) is 11.9 Å². The zero-order chi connectivity index (χ0) is 15.4. The molecule has 0 spiro atoms. The highest BCUT2D eigenvalue weighted by molar-refractivity contribution is 9.10. The van der Waals surface area contributed by atoms with Crippen molar-refractivity contribution < 1.29 is 9.64 Å². The fourth-order valence-corrected chi connectivity index (χ4v) is 2.49. The molecular formula is C13H18BrN6O+. The van der Waals surface area contributed by atoms with E-state index in [-0.39, 0.29) is 11.9 Å². The molecule has 0 bridgehead atoms. The lowest BCUT2D eigenvalue weighted by Crippen LogP contribution is -3.06. The number of methoxy groups -OCH3 is 1. The molecule has 8 heteroatoms. The Hall–Kier alpha value is -1.93. The highest BCUT2D eigenvalue weighted by Crippen LogP contribution is 2.22. The molecule has 2 aromatic rings. The minimum Gasteiger partial charge on any atom is -0.496 e. The standard InChI is InChI=1S/C13H17BrN6O/c1-20(7-11-17-12(15)19-13(16)18-11)6-8-5-9(14)3-4-10(8)21-2/h3-5H,6-7H2,1-2H3,(H4,15,16,17,18,19)/p+1. The topological polar surface area (TPSA) is 104 Å². The predicted molar refractivity (Wildman–Crippen MR) is 83.6 cm³/mol. The molecule has 0 saturated carbocycles. The van der Waals surface area contributed by atoms with Crippen LogP contribution in [-0.2, 0) is 13.1 Å². The molecule has 1 atom stereocenters. The van der Waals surface area contributed by atoms with Crippen molar-refractivity contribution in [1.82, 2.24) is 15.0 Å². The smallest absolute Gasteiger partial charge is 0.225 e. The van der Waals surface area contributed by atoms with Gasteiger partial charge in [-0.15, -0.1) is 0 Å². The van der Waals surface area contributed by atoms with Crippen molar-refractivity contribution in [2.24, 2.45) is 0 Å². The number of nitrogens with two attached hydrogens (primary N) is 2. The van der Waals surface area contributed by atoms with E-state index < -0.39 is 0 Å². The van der Waals surface area contributed by atoms with Gasteiger partial charge in [0.15, 0.2) is 5.82 Å². The monoisotopic (exact) mass is 353 g/mol. The van der Waals surface area contributed by atoms with Crippen LogP contribution < -0.4 is 21.1 Å². The van der Waals surface area contributed by atoms with Gasteiger partial charge in [0.05, 0.1) is 14.2 Å². The second-order valence-electron chi connectivity index (χ2n) is 4.73. The Kier molecular flexibility index (Phi) is 4.92. The molecule has 1 aromatic carbocycles. The Morgan fingerprint density at radius 2 is 1.81 bits per heavy atom. The lowest BCUT2D eigenvalue weighted by atomic mass is 10.2. The Morgan fingerprint density at radius 3 is 2.43 bits per heavy atom. The van der Waals surface area contributed by atoms with Crippen molar-refractivity contribution in [2.45, 2.75) is 13.1 Å². The van der Waals surface area contributed by atoms with E-state index in [1.54, 1.807) is 7.11 Å². The molecule has 1 heterocycles. The Morgan fingerprint density at radius 1 is 1.14 bits per heavy atom. The van der Waals surface area contributed by atoms with Gasteiger partial charge in [-0.05, 0) is 18.2 Å². The summed E-state index contributed by atoms with van der Waals surface area (Å²) in [7, 11) is 3.70. The number of nitrogens with one attached hydrogen (secondary N) is 1. The molecule has 0 saturated heterocycles. The summed E-state index contributed by atoms with van der Waals surface area (Å²) in [5, 5.41) is 0. The molecule has 0 aliphatic carbocycles. The molecule has 112 valence electrons. The van der Waals surface area contributed by atoms with Crippen molar-refractivity contribution in [1.29, 1.82) is 0 Å². The fraction of sp³-hybridized carbons (Fsp3) is 0.308. The summed E-state index contributed by atoms with van der Waals surface area (Å²) in [6.45, 7) is 1.35. The van der Waals surface area contributed by atoms with E-state index in [0.29, 0.717) is 12.4 Å². The molecular weight excluding hydrogens is 336 g/mol. The van der Waals surface area contributed by atoms with Crippen LogP contribution in [0.2, 0.25) is 0 Å². The second-order valence-corrected chi connectivity index (χ2v) is 5.65. The minimum atomic E-state index is 0.144. The van der Waals surface area contributed by atoms with Crippen LogP contribution in [0.4, 0.5) is 11.9 Å². The highest BCUT2D eigenvalue weighted by Gasteiger charge is 2.13. The van der Waals surface area contributed by atoms with Gasteiger partial charge < -0.3 is 21.1 Å². The number of nitrogens with zero attached hydrogens (tertiary/aromatic N) is 3. The summed E-state index contributed by atoms with van der Waals surface area (Å²) < 4.78 is 6.39. The number of nitrogen functional groups attached to an aromatic ring is 2. The molecule has 0 fully saturated rings. The van der Waals surface area contributed by atoms with Crippen LogP contribution in [0.3, 0.4) is 0 Å². The SMILES string of the molecule is COc1ccc(Br)cc1C[NH+](C)Cc1nc(N)nc(N)n1. The van der Waals surface area contributed by atoms with E-state index in [2.05, 4.69) is 30.9 Å². The lowest BCUT2D eigenvalue weighted by molar-refractivity contribution is -0.908. The zero-order valence-corrected chi connectivity index (χ0v) is 13.5. The molecule has 1 aromatic heterocycles. The van der Waals surface area contributed by atoms with Crippen LogP contribution in [0.5, 0.6) is 5.75 Å². The zero-order valence-electron chi connectivity index (χ0n) is 11.9. The first kappa shape index (κ1) is 15.5. The number of hydrogen-bond acceptors (Lipinski definition) is 6. The average Bonchev–Trinajstić information content (AvgIpc) is 2.37. The van der Waals surface area contributed by atoms with Gasteiger partial charge in [0.1, 0.15) is 18.8 Å². The third kappa shape index (κ3) is 4.27. The number of rotatable bonds is 5. The average molecular weight is 354 g/mol. The van der Waals surface area contributed by atoms with E-state index in [1.165, 1.54) is 4.90 Å². The molecule has 0 aliphatic rings. The van der Waals surface area contributed by atoms with Gasteiger partial charge in [0, 0.05) is 10.0 Å². The summed E-state index contributed by atoms with van der Waals surface area (Å²) in [5.74, 6) is 1.72. The molecule has 1 unspecified atom stereocenters. The lowest BCUT2D eigenvalue weighted by Gasteiger charge is -2.15. The number of benzene rings is 1. The van der Waals surface area contributed by atoms with E-state index in [4.69, 9.17) is 16.2 Å². The largest absolute Gasteiger partial charge is 0.496 e. The number of hydrogen-bond donors (Lipinski definition) is 3. The van der Waals surface area contributed by atoms with Gasteiger partial charge in [0.25, 0.3) is 0 Å². The van der Waals surface area contributed by atoms with Crippen LogP contribution in [0, 0.1) is 0 Å². The summed E-state index contributed by atoms with van der Waals surface area (Å²) in [6.07, 6.45) is 0. The van der Waals surface area contributed by atoms with Crippen molar-refractivity contribution in [2.75, 3.05) is 25.6 Å². The van der Waals surface area contributed by atoms with Crippen molar-refractivity contribution in [3.8, 4) is 5.75 Å². The molecule has 21 heavy (non-hydrogen) atoms. The predicted octanol–water partition coefficient (Wildman–Crippen LogP) is 0.0220. The maximum Gasteiger partial charge on any atom is 0.225 e. The van der Waals surface area contributed by atoms with E-state index in [9.17, 15) is 0 Å². The van der Waals surface area contributed by atoms with Gasteiger partial charge in [-0.3, -0.25) is 0 Å². The van der Waals surface area contributed by atoms with Crippen LogP contribution in [-0.4, -0.2) is 29.1 Å². The number of aromatic nitrogens is 3. The van der Waals surface area contributed by atoms with Gasteiger partial charge in [-0.25, -0.2) is 0 Å². The first-order valence-electron chi connectivity index (χ1n) is 6.37.